The Morgan fingerprint density at radius 1 is 1.00 bits per heavy atom. The van der Waals surface area contributed by atoms with Crippen LogP contribution < -0.4 is 42.5 Å². The summed E-state index contributed by atoms with van der Waals surface area (Å²) in [5, 5.41) is 3.74. The van der Waals surface area contributed by atoms with Gasteiger partial charge in [0.05, 0.1) is 0 Å². The molecule has 7 unspecified atom stereocenters. The molecule has 1 aliphatic heterocycles. The molecule has 1 saturated heterocycles. The summed E-state index contributed by atoms with van der Waals surface area (Å²) in [6.45, 7) is 4.96. The van der Waals surface area contributed by atoms with Gasteiger partial charge in [0.1, 0.15) is 0 Å². The van der Waals surface area contributed by atoms with Crippen LogP contribution in [-0.2, 0) is 26.2 Å². The molecular formula is C14H23BrCl3NZr. The summed E-state index contributed by atoms with van der Waals surface area (Å²) in [6.07, 6.45) is 8.13. The number of halogens is 4. The van der Waals surface area contributed by atoms with E-state index < -0.39 is 0 Å². The number of piperidine rings is 1. The van der Waals surface area contributed by atoms with Crippen LogP contribution in [0.2, 0.25) is 0 Å². The zero-order valence-electron chi connectivity index (χ0n) is 12.0. The molecule has 2 aliphatic carbocycles. The summed E-state index contributed by atoms with van der Waals surface area (Å²) < 4.78 is 0. The Morgan fingerprint density at radius 3 is 2.30 bits per heavy atom. The molecule has 1 nitrogen and oxygen atoms in total. The summed E-state index contributed by atoms with van der Waals surface area (Å²) in [5.41, 5.74) is 0. The van der Waals surface area contributed by atoms with Crippen molar-refractivity contribution < 1.29 is 63.4 Å². The molecule has 1 heterocycles. The van der Waals surface area contributed by atoms with E-state index in [0.717, 1.165) is 35.6 Å². The quantitative estimate of drug-likeness (QED) is 0.207. The fourth-order valence-corrected chi connectivity index (χ4v) is 5.22. The second-order valence-electron chi connectivity index (χ2n) is 6.41. The minimum Gasteiger partial charge on any atom is -1.00 e. The third-order valence-corrected chi connectivity index (χ3v) is 6.04. The van der Waals surface area contributed by atoms with Gasteiger partial charge in [-0.05, 0) is 42.9 Å². The topological polar surface area (TPSA) is 12.0 Å². The van der Waals surface area contributed by atoms with Gasteiger partial charge in [-0.2, -0.15) is 6.42 Å². The molecule has 116 valence electrons. The Labute approximate surface area is 170 Å². The third-order valence-electron chi connectivity index (χ3n) is 5.40. The Bertz CT molecular complexity index is 283. The Morgan fingerprint density at radius 2 is 1.65 bits per heavy atom. The average molecular weight is 483 g/mol. The van der Waals surface area contributed by atoms with Gasteiger partial charge in [-0.25, -0.2) is 0 Å². The second kappa shape index (κ2) is 10.1. The molecule has 7 atom stereocenters. The predicted molar refractivity (Wildman–Crippen MR) is 71.2 cm³/mol. The molecule has 1 N–H and O–H groups in total. The maximum atomic E-state index is 3.74. The third kappa shape index (κ3) is 4.84. The van der Waals surface area contributed by atoms with E-state index in [9.17, 15) is 0 Å². The van der Waals surface area contributed by atoms with Gasteiger partial charge in [-0.15, -0.1) is 15.9 Å². The van der Waals surface area contributed by atoms with Crippen molar-refractivity contribution in [3.63, 3.8) is 0 Å². The van der Waals surface area contributed by atoms with Crippen LogP contribution in [0.1, 0.15) is 39.5 Å². The molecule has 6 heteroatoms. The first-order valence-electron chi connectivity index (χ1n) is 6.88. The predicted octanol–water partition coefficient (Wildman–Crippen LogP) is -5.40. The Kier molecular flexibility index (Phi) is 12.4. The van der Waals surface area contributed by atoms with E-state index in [4.69, 9.17) is 0 Å². The van der Waals surface area contributed by atoms with E-state index in [-0.39, 0.29) is 63.4 Å². The Hall–Kier alpha value is 2.19. The van der Waals surface area contributed by atoms with Crippen LogP contribution in [0.25, 0.3) is 0 Å². The van der Waals surface area contributed by atoms with Crippen molar-refractivity contribution in [1.82, 2.24) is 5.32 Å². The molecule has 2 saturated carbocycles. The van der Waals surface area contributed by atoms with Gasteiger partial charge in [0.15, 0.2) is 0 Å². The molecule has 3 fully saturated rings. The molecule has 0 bridgehead atoms. The molecule has 0 radical (unpaired) electrons. The van der Waals surface area contributed by atoms with Crippen LogP contribution in [0.4, 0.5) is 0 Å². The molecule has 0 amide bonds. The fourth-order valence-electron chi connectivity index (χ4n) is 4.66. The molecule has 0 aromatic heterocycles. The first kappa shape index (κ1) is 24.4. The van der Waals surface area contributed by atoms with E-state index in [2.05, 4.69) is 41.5 Å². The van der Waals surface area contributed by atoms with Crippen molar-refractivity contribution >= 4 is 15.9 Å². The van der Waals surface area contributed by atoms with Crippen molar-refractivity contribution in [2.75, 3.05) is 0 Å². The number of fused-ring (bicyclic) bond motifs is 2. The van der Waals surface area contributed by atoms with Gasteiger partial charge in [-0.3, -0.25) is 0 Å². The van der Waals surface area contributed by atoms with Crippen LogP contribution in [0.3, 0.4) is 0 Å². The van der Waals surface area contributed by atoms with Crippen LogP contribution in [0, 0.1) is 36.0 Å². The number of rotatable bonds is 0. The molecule has 0 spiro atoms. The van der Waals surface area contributed by atoms with E-state index in [1.807, 2.05) is 0 Å². The van der Waals surface area contributed by atoms with Gasteiger partial charge in [0, 0.05) is 6.04 Å². The van der Waals surface area contributed by atoms with E-state index in [1.54, 1.807) is 0 Å². The maximum Gasteiger partial charge on any atom is 4.00 e. The smallest absolute Gasteiger partial charge is 1.00 e. The zero-order chi connectivity index (χ0) is 11.3. The first-order valence-corrected chi connectivity index (χ1v) is 7.80. The summed E-state index contributed by atoms with van der Waals surface area (Å²) in [4.78, 5) is 0.455. The van der Waals surface area contributed by atoms with Gasteiger partial charge >= 0.3 is 26.2 Å². The molecule has 0 aromatic carbocycles. The van der Waals surface area contributed by atoms with Gasteiger partial charge in [0.2, 0.25) is 0 Å². The molecule has 3 rings (SSSR count). The number of nitrogens with one attached hydrogen (secondary N) is 1. The van der Waals surface area contributed by atoms with Crippen molar-refractivity contribution in [1.29, 1.82) is 0 Å². The van der Waals surface area contributed by atoms with Crippen molar-refractivity contribution in [2.24, 2.45) is 29.6 Å². The Balaban J connectivity index is 0. The fraction of sp³-hybridized carbons (Fsp3) is 0.929. The number of alkyl halides is 1. The van der Waals surface area contributed by atoms with Crippen LogP contribution in [0.15, 0.2) is 0 Å². The second-order valence-corrected chi connectivity index (χ2v) is 7.39. The van der Waals surface area contributed by atoms with E-state index >= 15 is 0 Å². The minimum atomic E-state index is 0. The van der Waals surface area contributed by atoms with Crippen LogP contribution in [0.5, 0.6) is 0 Å². The van der Waals surface area contributed by atoms with Gasteiger partial charge < -0.3 is 49.0 Å². The summed E-state index contributed by atoms with van der Waals surface area (Å²) in [5.74, 6) is 4.84. The molecule has 20 heavy (non-hydrogen) atoms. The van der Waals surface area contributed by atoms with Crippen molar-refractivity contribution in [3.05, 3.63) is 6.42 Å². The van der Waals surface area contributed by atoms with Crippen molar-refractivity contribution in [3.8, 4) is 0 Å². The van der Waals surface area contributed by atoms with Gasteiger partial charge in [0.25, 0.3) is 0 Å². The van der Waals surface area contributed by atoms with Crippen molar-refractivity contribution in [2.45, 2.75) is 50.5 Å². The van der Waals surface area contributed by atoms with Gasteiger partial charge in [-0.1, -0.05) is 24.7 Å². The minimum absolute atomic E-state index is 0. The first-order chi connectivity index (χ1) is 7.65. The number of hydrogen-bond donors (Lipinski definition) is 1. The monoisotopic (exact) mass is 479 g/mol. The molecular weight excluding hydrogens is 460 g/mol. The number of hydrogen-bond acceptors (Lipinski definition) is 1. The normalized spacial score (nSPS) is 45.5. The summed E-state index contributed by atoms with van der Waals surface area (Å²) in [6, 6.07) is 0.774. The summed E-state index contributed by atoms with van der Waals surface area (Å²) >= 11 is 3.69. The maximum absolute atomic E-state index is 3.74. The van der Waals surface area contributed by atoms with Crippen LogP contribution in [-0.4, -0.2) is 11.0 Å². The molecule has 0 aromatic rings. The zero-order valence-corrected chi connectivity index (χ0v) is 18.3. The standard InChI is InChI=1S/C14H23BrN.3ClH.Zr/c1-8-5-10-7-13-11(3-4-14(15)16-13)9(2)12(10)6-8;;;;/h4,8-14,16H,3,5-7H2,1-2H3;3*1H;/q-1;;;;+4/p-3. The van der Waals surface area contributed by atoms with Crippen LogP contribution >= 0.6 is 15.9 Å². The average Bonchev–Trinajstić information content (AvgIpc) is 2.59. The van der Waals surface area contributed by atoms with E-state index in [0.29, 0.717) is 4.95 Å². The SMILES string of the molecule is CC1CC2CC3NC(Br)[CH-]CC3C(C)C2C1.[Cl-].[Cl-].[Cl-].[Zr+4]. The largest absolute Gasteiger partial charge is 4.00 e. The van der Waals surface area contributed by atoms with E-state index in [1.165, 1.54) is 25.7 Å². The summed E-state index contributed by atoms with van der Waals surface area (Å²) in [7, 11) is 0. The molecule has 3 aliphatic rings.